The Hall–Kier alpha value is -1.63. The molecule has 0 spiro atoms. The van der Waals surface area contributed by atoms with E-state index in [1.165, 1.54) is 19.3 Å². The highest BCUT2D eigenvalue weighted by Crippen LogP contribution is 2.28. The maximum Gasteiger partial charge on any atom is 0.194 e. The van der Waals surface area contributed by atoms with Crippen LogP contribution < -0.4 is 5.32 Å². The van der Waals surface area contributed by atoms with Crippen LogP contribution in [0.25, 0.3) is 0 Å². The van der Waals surface area contributed by atoms with Crippen molar-refractivity contribution < 1.29 is 4.74 Å². The molecule has 0 bridgehead atoms. The highest BCUT2D eigenvalue weighted by molar-refractivity contribution is 5.79. The van der Waals surface area contributed by atoms with Crippen LogP contribution in [-0.4, -0.2) is 59.0 Å². The normalized spacial score (nSPS) is 17.4. The standard InChI is InChI=1S/C16H28N6O/c1-3-17-16(21(2)9-10-23-12-13-6-7-13)18-11-15-20-19-14-5-4-8-22(14)15/h13H,3-12H2,1-2H3,(H,17,18). The second-order valence-electron chi connectivity index (χ2n) is 6.40. The number of guanidine groups is 1. The molecular weight excluding hydrogens is 292 g/mol. The van der Waals surface area contributed by atoms with E-state index in [9.17, 15) is 0 Å². The van der Waals surface area contributed by atoms with Crippen molar-refractivity contribution in [1.29, 1.82) is 0 Å². The van der Waals surface area contributed by atoms with E-state index in [1.54, 1.807) is 0 Å². The molecule has 7 nitrogen and oxygen atoms in total. The average molecular weight is 320 g/mol. The fourth-order valence-electron chi connectivity index (χ4n) is 2.78. The van der Waals surface area contributed by atoms with Crippen LogP contribution in [0.4, 0.5) is 0 Å². The van der Waals surface area contributed by atoms with Crippen molar-refractivity contribution in [1.82, 2.24) is 25.0 Å². The van der Waals surface area contributed by atoms with Gasteiger partial charge in [0.05, 0.1) is 6.61 Å². The van der Waals surface area contributed by atoms with Crippen LogP contribution in [0.15, 0.2) is 4.99 Å². The van der Waals surface area contributed by atoms with Crippen molar-refractivity contribution in [3.05, 3.63) is 11.6 Å². The Morgan fingerprint density at radius 3 is 3.09 bits per heavy atom. The topological polar surface area (TPSA) is 67.6 Å². The first-order valence-electron chi connectivity index (χ1n) is 8.76. The summed E-state index contributed by atoms with van der Waals surface area (Å²) in [6.45, 7) is 7.03. The summed E-state index contributed by atoms with van der Waals surface area (Å²) < 4.78 is 7.92. The van der Waals surface area contributed by atoms with Crippen molar-refractivity contribution in [2.75, 3.05) is 33.4 Å². The maximum absolute atomic E-state index is 5.72. The van der Waals surface area contributed by atoms with Crippen molar-refractivity contribution in [3.63, 3.8) is 0 Å². The van der Waals surface area contributed by atoms with Gasteiger partial charge < -0.3 is 19.5 Å². The molecule has 1 saturated carbocycles. The third kappa shape index (κ3) is 4.43. The molecule has 0 atom stereocenters. The van der Waals surface area contributed by atoms with Crippen molar-refractivity contribution in [3.8, 4) is 0 Å². The lowest BCUT2D eigenvalue weighted by atomic mass is 10.4. The molecule has 1 fully saturated rings. The molecular formula is C16H28N6O. The maximum atomic E-state index is 5.72. The fraction of sp³-hybridized carbons (Fsp3) is 0.812. The number of ether oxygens (including phenoxy) is 1. The predicted octanol–water partition coefficient (Wildman–Crippen LogP) is 1.05. The molecule has 0 aromatic carbocycles. The largest absolute Gasteiger partial charge is 0.379 e. The van der Waals surface area contributed by atoms with Gasteiger partial charge in [-0.15, -0.1) is 10.2 Å². The minimum atomic E-state index is 0.572. The Morgan fingerprint density at radius 1 is 1.43 bits per heavy atom. The second-order valence-corrected chi connectivity index (χ2v) is 6.40. The van der Waals surface area contributed by atoms with Gasteiger partial charge in [0, 0.05) is 39.7 Å². The Kier molecular flexibility index (Phi) is 5.48. The van der Waals surface area contributed by atoms with Crippen LogP contribution >= 0.6 is 0 Å². The van der Waals surface area contributed by atoms with E-state index in [0.717, 1.165) is 62.8 Å². The lowest BCUT2D eigenvalue weighted by Gasteiger charge is -2.22. The molecule has 1 N–H and O–H groups in total. The van der Waals surface area contributed by atoms with Crippen molar-refractivity contribution in [2.24, 2.45) is 10.9 Å². The Balaban J connectivity index is 1.51. The molecule has 23 heavy (non-hydrogen) atoms. The monoisotopic (exact) mass is 320 g/mol. The van der Waals surface area contributed by atoms with Crippen LogP contribution in [0.1, 0.15) is 37.8 Å². The molecule has 3 rings (SSSR count). The number of nitrogens with one attached hydrogen (secondary N) is 1. The van der Waals surface area contributed by atoms with Gasteiger partial charge in [0.15, 0.2) is 11.8 Å². The van der Waals surface area contributed by atoms with Crippen molar-refractivity contribution >= 4 is 5.96 Å². The van der Waals surface area contributed by atoms with Gasteiger partial charge in [0.25, 0.3) is 0 Å². The number of nitrogens with zero attached hydrogens (tertiary/aromatic N) is 5. The molecule has 0 amide bonds. The SMILES string of the molecule is CCNC(=NCc1nnc2n1CCC2)N(C)CCOCC1CC1. The molecule has 128 valence electrons. The van der Waals surface area contributed by atoms with Crippen LogP contribution in [0.5, 0.6) is 0 Å². The van der Waals surface area contributed by atoms with E-state index in [2.05, 4.69) is 39.0 Å². The van der Waals surface area contributed by atoms with Crippen LogP contribution in [0.2, 0.25) is 0 Å². The lowest BCUT2D eigenvalue weighted by molar-refractivity contribution is 0.115. The van der Waals surface area contributed by atoms with Gasteiger partial charge in [-0.25, -0.2) is 4.99 Å². The van der Waals surface area contributed by atoms with E-state index in [-0.39, 0.29) is 0 Å². The summed E-state index contributed by atoms with van der Waals surface area (Å²) in [6, 6.07) is 0. The number of hydrogen-bond acceptors (Lipinski definition) is 4. The second kappa shape index (κ2) is 7.77. The summed E-state index contributed by atoms with van der Waals surface area (Å²) in [7, 11) is 2.05. The summed E-state index contributed by atoms with van der Waals surface area (Å²) in [5.74, 6) is 3.78. The zero-order chi connectivity index (χ0) is 16.1. The quantitative estimate of drug-likeness (QED) is 0.440. The Bertz CT molecular complexity index is 537. The average Bonchev–Trinajstić information content (AvgIpc) is 3.11. The molecule has 0 saturated heterocycles. The minimum Gasteiger partial charge on any atom is -0.379 e. The lowest BCUT2D eigenvalue weighted by Crippen LogP contribution is -2.40. The van der Waals surface area contributed by atoms with E-state index in [4.69, 9.17) is 9.73 Å². The van der Waals surface area contributed by atoms with Crippen LogP contribution in [0, 0.1) is 5.92 Å². The van der Waals surface area contributed by atoms with Crippen LogP contribution in [0.3, 0.4) is 0 Å². The molecule has 0 radical (unpaired) electrons. The summed E-state index contributed by atoms with van der Waals surface area (Å²) in [4.78, 5) is 6.83. The van der Waals surface area contributed by atoms with Gasteiger partial charge in [-0.1, -0.05) is 0 Å². The van der Waals surface area contributed by atoms with Gasteiger partial charge in [0.1, 0.15) is 12.4 Å². The Morgan fingerprint density at radius 2 is 2.30 bits per heavy atom. The number of aryl methyl sites for hydroxylation is 1. The van der Waals surface area contributed by atoms with E-state index in [1.807, 2.05) is 0 Å². The fourth-order valence-corrected chi connectivity index (χ4v) is 2.78. The number of aliphatic imine (C=N–C) groups is 1. The molecule has 1 aliphatic carbocycles. The summed E-state index contributed by atoms with van der Waals surface area (Å²) in [5.41, 5.74) is 0. The molecule has 0 unspecified atom stereocenters. The highest BCUT2D eigenvalue weighted by Gasteiger charge is 2.21. The molecule has 2 aliphatic rings. The number of fused-ring (bicyclic) bond motifs is 1. The molecule has 1 aromatic rings. The highest BCUT2D eigenvalue weighted by atomic mass is 16.5. The molecule has 1 aliphatic heterocycles. The minimum absolute atomic E-state index is 0.572. The number of rotatable bonds is 8. The van der Waals surface area contributed by atoms with Gasteiger partial charge in [0.2, 0.25) is 0 Å². The van der Waals surface area contributed by atoms with Gasteiger partial charge >= 0.3 is 0 Å². The Labute approximate surface area is 138 Å². The summed E-state index contributed by atoms with van der Waals surface area (Å²) in [6.07, 6.45) is 4.88. The number of likely N-dealkylation sites (N-methyl/N-ethyl adjacent to an activating group) is 1. The van der Waals surface area contributed by atoms with Gasteiger partial charge in [-0.05, 0) is 32.1 Å². The van der Waals surface area contributed by atoms with E-state index >= 15 is 0 Å². The first-order chi connectivity index (χ1) is 11.3. The molecule has 1 aromatic heterocycles. The zero-order valence-electron chi connectivity index (χ0n) is 14.3. The predicted molar refractivity (Wildman–Crippen MR) is 89.3 cm³/mol. The van der Waals surface area contributed by atoms with Gasteiger partial charge in [-0.3, -0.25) is 0 Å². The summed E-state index contributed by atoms with van der Waals surface area (Å²) in [5, 5.41) is 11.8. The van der Waals surface area contributed by atoms with E-state index in [0.29, 0.717) is 6.54 Å². The first-order valence-corrected chi connectivity index (χ1v) is 8.76. The third-order valence-electron chi connectivity index (χ3n) is 4.37. The third-order valence-corrected chi connectivity index (χ3v) is 4.37. The molecule has 2 heterocycles. The molecule has 7 heteroatoms. The van der Waals surface area contributed by atoms with Crippen LogP contribution in [-0.2, 0) is 24.2 Å². The van der Waals surface area contributed by atoms with E-state index < -0.39 is 0 Å². The first kappa shape index (κ1) is 16.2. The smallest absolute Gasteiger partial charge is 0.194 e. The zero-order valence-corrected chi connectivity index (χ0v) is 14.3. The van der Waals surface area contributed by atoms with Gasteiger partial charge in [-0.2, -0.15) is 0 Å². The van der Waals surface area contributed by atoms with Crippen molar-refractivity contribution in [2.45, 2.75) is 45.7 Å². The summed E-state index contributed by atoms with van der Waals surface area (Å²) >= 11 is 0. The number of aromatic nitrogens is 3. The number of hydrogen-bond donors (Lipinski definition) is 1.